The summed E-state index contributed by atoms with van der Waals surface area (Å²) < 4.78 is 0. The van der Waals surface area contributed by atoms with Crippen molar-refractivity contribution in [1.82, 2.24) is 15.4 Å². The smallest absolute Gasteiger partial charge is 0.130 e. The first-order valence-corrected chi connectivity index (χ1v) is 6.25. The van der Waals surface area contributed by atoms with Gasteiger partial charge in [-0.1, -0.05) is 30.3 Å². The first-order chi connectivity index (χ1) is 8.36. The van der Waals surface area contributed by atoms with E-state index in [0.717, 1.165) is 21.8 Å². The summed E-state index contributed by atoms with van der Waals surface area (Å²) in [4.78, 5) is 1.14. The fraction of sp³-hybridized carbons (Fsp3) is 0.0769. The Labute approximate surface area is 103 Å². The van der Waals surface area contributed by atoms with Crippen molar-refractivity contribution in [3.8, 4) is 21.8 Å². The van der Waals surface area contributed by atoms with Crippen LogP contribution in [0.4, 0.5) is 0 Å². The Balaban J connectivity index is 2.17. The Morgan fingerprint density at radius 2 is 1.82 bits per heavy atom. The Morgan fingerprint density at radius 1 is 1.00 bits per heavy atom. The van der Waals surface area contributed by atoms with E-state index in [1.807, 2.05) is 23.6 Å². The van der Waals surface area contributed by atoms with Crippen LogP contribution in [0.25, 0.3) is 21.8 Å². The Kier molecular flexibility index (Phi) is 2.49. The van der Waals surface area contributed by atoms with E-state index in [-0.39, 0.29) is 0 Å². The second-order valence-corrected chi connectivity index (χ2v) is 4.76. The van der Waals surface area contributed by atoms with Gasteiger partial charge in [0.25, 0.3) is 0 Å². The number of aromatic nitrogens is 3. The minimum Gasteiger partial charge on any atom is -0.197 e. The van der Waals surface area contributed by atoms with Gasteiger partial charge in [-0.15, -0.1) is 11.3 Å². The molecule has 0 saturated carbocycles. The third kappa shape index (κ3) is 1.76. The predicted molar refractivity (Wildman–Crippen MR) is 69.9 cm³/mol. The topological polar surface area (TPSA) is 41.6 Å². The summed E-state index contributed by atoms with van der Waals surface area (Å²) in [5.41, 5.74) is 4.18. The van der Waals surface area contributed by atoms with Crippen molar-refractivity contribution in [3.63, 3.8) is 0 Å². The average molecular weight is 241 g/mol. The molecule has 0 bridgehead atoms. The highest BCUT2D eigenvalue weighted by atomic mass is 32.1. The van der Waals surface area contributed by atoms with Crippen molar-refractivity contribution in [1.29, 1.82) is 0 Å². The molecule has 0 aliphatic carbocycles. The highest BCUT2D eigenvalue weighted by molar-refractivity contribution is 7.13. The maximum absolute atomic E-state index is 4.27. The first-order valence-electron chi connectivity index (χ1n) is 5.37. The molecule has 2 heterocycles. The molecule has 0 aliphatic rings. The van der Waals surface area contributed by atoms with Gasteiger partial charge in [0, 0.05) is 5.56 Å². The lowest BCUT2D eigenvalue weighted by molar-refractivity contribution is 0.944. The molecule has 0 atom stereocenters. The van der Waals surface area contributed by atoms with E-state index in [2.05, 4.69) is 40.5 Å². The van der Waals surface area contributed by atoms with Gasteiger partial charge in [-0.2, -0.15) is 15.4 Å². The van der Waals surface area contributed by atoms with E-state index >= 15 is 0 Å². The third-order valence-corrected chi connectivity index (χ3v) is 3.58. The standard InChI is InChI=1S/C13H11N3S/c1-9-5-2-3-6-10(9)12-13(15-16-14-12)11-7-4-8-17-11/h2-8H,1H3,(H,14,15,16). The maximum atomic E-state index is 4.27. The van der Waals surface area contributed by atoms with Gasteiger partial charge < -0.3 is 0 Å². The molecule has 1 aromatic carbocycles. The zero-order valence-electron chi connectivity index (χ0n) is 9.34. The average Bonchev–Trinajstić information content (AvgIpc) is 3.00. The van der Waals surface area contributed by atoms with Gasteiger partial charge >= 0.3 is 0 Å². The van der Waals surface area contributed by atoms with E-state index in [1.165, 1.54) is 5.56 Å². The summed E-state index contributed by atoms with van der Waals surface area (Å²) in [7, 11) is 0. The molecular weight excluding hydrogens is 230 g/mol. The Bertz CT molecular complexity index is 626. The molecule has 0 spiro atoms. The number of nitrogens with zero attached hydrogens (tertiary/aromatic N) is 2. The van der Waals surface area contributed by atoms with E-state index in [0.29, 0.717) is 0 Å². The summed E-state index contributed by atoms with van der Waals surface area (Å²) in [5, 5.41) is 13.3. The molecule has 4 heteroatoms. The summed E-state index contributed by atoms with van der Waals surface area (Å²) >= 11 is 1.67. The van der Waals surface area contributed by atoms with Gasteiger partial charge in [-0.3, -0.25) is 0 Å². The number of aryl methyl sites for hydroxylation is 1. The number of rotatable bonds is 2. The quantitative estimate of drug-likeness (QED) is 0.746. The van der Waals surface area contributed by atoms with Crippen LogP contribution in [0.2, 0.25) is 0 Å². The molecule has 17 heavy (non-hydrogen) atoms. The molecule has 0 amide bonds. The predicted octanol–water partition coefficient (Wildman–Crippen LogP) is 3.51. The second kappa shape index (κ2) is 4.14. The van der Waals surface area contributed by atoms with Gasteiger partial charge in [0.15, 0.2) is 0 Å². The minimum atomic E-state index is 0.922. The maximum Gasteiger partial charge on any atom is 0.130 e. The summed E-state index contributed by atoms with van der Waals surface area (Å²) in [6.07, 6.45) is 0. The minimum absolute atomic E-state index is 0.922. The fourth-order valence-electron chi connectivity index (χ4n) is 1.84. The summed E-state index contributed by atoms with van der Waals surface area (Å²) in [5.74, 6) is 0. The van der Waals surface area contributed by atoms with E-state index < -0.39 is 0 Å². The zero-order chi connectivity index (χ0) is 11.7. The van der Waals surface area contributed by atoms with Crippen LogP contribution in [0.1, 0.15) is 5.56 Å². The normalized spacial score (nSPS) is 10.6. The Morgan fingerprint density at radius 3 is 2.59 bits per heavy atom. The summed E-state index contributed by atoms with van der Waals surface area (Å²) in [6, 6.07) is 12.3. The van der Waals surface area contributed by atoms with Gasteiger partial charge in [-0.25, -0.2) is 0 Å². The van der Waals surface area contributed by atoms with Crippen molar-refractivity contribution in [3.05, 3.63) is 47.3 Å². The van der Waals surface area contributed by atoms with Crippen LogP contribution in [0.15, 0.2) is 41.8 Å². The number of thiophene rings is 1. The van der Waals surface area contributed by atoms with Crippen molar-refractivity contribution >= 4 is 11.3 Å². The molecule has 1 N–H and O–H groups in total. The largest absolute Gasteiger partial charge is 0.197 e. The molecule has 0 fully saturated rings. The van der Waals surface area contributed by atoms with Gasteiger partial charge in [0.05, 0.1) is 4.88 Å². The molecule has 0 saturated heterocycles. The first kappa shape index (κ1) is 10.2. The number of H-pyrrole nitrogens is 1. The number of aromatic amines is 1. The third-order valence-electron chi connectivity index (χ3n) is 2.70. The number of benzene rings is 1. The van der Waals surface area contributed by atoms with Crippen molar-refractivity contribution in [2.75, 3.05) is 0 Å². The summed E-state index contributed by atoms with van der Waals surface area (Å²) in [6.45, 7) is 2.09. The van der Waals surface area contributed by atoms with Crippen molar-refractivity contribution < 1.29 is 0 Å². The van der Waals surface area contributed by atoms with E-state index in [4.69, 9.17) is 0 Å². The van der Waals surface area contributed by atoms with Crippen LogP contribution in [0.5, 0.6) is 0 Å². The molecule has 84 valence electrons. The second-order valence-electron chi connectivity index (χ2n) is 3.81. The lowest BCUT2D eigenvalue weighted by Gasteiger charge is -2.02. The highest BCUT2D eigenvalue weighted by Crippen LogP contribution is 2.32. The molecule has 2 aromatic heterocycles. The number of hydrogen-bond acceptors (Lipinski definition) is 3. The van der Waals surface area contributed by atoms with Gasteiger partial charge in [0.2, 0.25) is 0 Å². The van der Waals surface area contributed by atoms with Crippen LogP contribution < -0.4 is 0 Å². The molecule has 0 radical (unpaired) electrons. The lowest BCUT2D eigenvalue weighted by Crippen LogP contribution is -1.85. The van der Waals surface area contributed by atoms with Crippen LogP contribution in [-0.2, 0) is 0 Å². The Hall–Kier alpha value is -1.94. The van der Waals surface area contributed by atoms with Gasteiger partial charge in [-0.05, 0) is 23.9 Å². The van der Waals surface area contributed by atoms with Gasteiger partial charge in [0.1, 0.15) is 11.4 Å². The fourth-order valence-corrected chi connectivity index (χ4v) is 2.56. The molecule has 0 unspecified atom stereocenters. The van der Waals surface area contributed by atoms with E-state index in [9.17, 15) is 0 Å². The lowest BCUT2D eigenvalue weighted by atomic mass is 10.0. The highest BCUT2D eigenvalue weighted by Gasteiger charge is 2.14. The molecule has 3 rings (SSSR count). The number of nitrogens with one attached hydrogen (secondary N) is 1. The molecule has 0 aliphatic heterocycles. The van der Waals surface area contributed by atoms with Crippen molar-refractivity contribution in [2.24, 2.45) is 0 Å². The van der Waals surface area contributed by atoms with Crippen LogP contribution in [-0.4, -0.2) is 15.4 Å². The number of hydrogen-bond donors (Lipinski definition) is 1. The van der Waals surface area contributed by atoms with Crippen LogP contribution >= 0.6 is 11.3 Å². The molecular formula is C13H11N3S. The van der Waals surface area contributed by atoms with Crippen molar-refractivity contribution in [2.45, 2.75) is 6.92 Å². The van der Waals surface area contributed by atoms with E-state index in [1.54, 1.807) is 11.3 Å². The monoisotopic (exact) mass is 241 g/mol. The molecule has 3 aromatic rings. The van der Waals surface area contributed by atoms with Crippen LogP contribution in [0, 0.1) is 6.92 Å². The van der Waals surface area contributed by atoms with Crippen LogP contribution in [0.3, 0.4) is 0 Å². The zero-order valence-corrected chi connectivity index (χ0v) is 10.2. The SMILES string of the molecule is Cc1ccccc1-c1n[nH]nc1-c1cccs1. The molecule has 3 nitrogen and oxygen atoms in total.